The van der Waals surface area contributed by atoms with Gasteiger partial charge in [-0.3, -0.25) is 9.59 Å². The quantitative estimate of drug-likeness (QED) is 0.351. The lowest BCUT2D eigenvalue weighted by atomic mass is 10.2. The van der Waals surface area contributed by atoms with Crippen LogP contribution in [0.3, 0.4) is 0 Å². The summed E-state index contributed by atoms with van der Waals surface area (Å²) in [6.07, 6.45) is -4.63. The predicted molar refractivity (Wildman–Crippen MR) is 130 cm³/mol. The summed E-state index contributed by atoms with van der Waals surface area (Å²) in [6.45, 7) is 2.17. The van der Waals surface area contributed by atoms with E-state index in [1.807, 2.05) is 0 Å². The number of hydrogen-bond acceptors (Lipinski definition) is 5. The van der Waals surface area contributed by atoms with Gasteiger partial charge in [0.1, 0.15) is 16.4 Å². The van der Waals surface area contributed by atoms with Gasteiger partial charge < -0.3 is 10.1 Å². The van der Waals surface area contributed by atoms with Gasteiger partial charge in [0.05, 0.1) is 23.5 Å². The third kappa shape index (κ3) is 5.31. The highest BCUT2D eigenvalue weighted by atomic mass is 35.5. The number of ether oxygens (including phenoxy) is 1. The van der Waals surface area contributed by atoms with E-state index in [-0.39, 0.29) is 16.3 Å². The summed E-state index contributed by atoms with van der Waals surface area (Å²) in [5, 5.41) is 3.47. The van der Waals surface area contributed by atoms with Crippen molar-refractivity contribution >= 4 is 46.6 Å². The second-order valence-corrected chi connectivity index (χ2v) is 8.83. The molecule has 35 heavy (non-hydrogen) atoms. The van der Waals surface area contributed by atoms with Crippen LogP contribution in [-0.2, 0) is 15.8 Å². The fraction of sp³-hybridized carbons (Fsp3) is 0.120. The minimum atomic E-state index is -4.63. The van der Waals surface area contributed by atoms with E-state index >= 15 is 0 Å². The summed E-state index contributed by atoms with van der Waals surface area (Å²) >= 11 is 6.96. The summed E-state index contributed by atoms with van der Waals surface area (Å²) in [5.41, 5.74) is -0.783. The third-order valence-electron chi connectivity index (χ3n) is 4.95. The Morgan fingerprint density at radius 2 is 1.69 bits per heavy atom. The van der Waals surface area contributed by atoms with Crippen LogP contribution in [0.4, 0.5) is 24.5 Å². The lowest BCUT2D eigenvalue weighted by Gasteiger charge is -2.17. The van der Waals surface area contributed by atoms with E-state index in [0.717, 1.165) is 34.9 Å². The standard InChI is InChI=1S/C25H18ClF3N2O3S/c1-2-34-20-9-4-3-8-19(20)30-21-22(35-18-12-10-16(26)11-13-18)24(33)31(23(21)32)17-7-5-6-15(14-17)25(27,28)29/h3-14,30H,2H2,1H3. The average Bonchev–Trinajstić information content (AvgIpc) is 3.05. The molecule has 2 amide bonds. The zero-order valence-corrected chi connectivity index (χ0v) is 19.8. The van der Waals surface area contributed by atoms with Gasteiger partial charge in [0.2, 0.25) is 0 Å². The zero-order chi connectivity index (χ0) is 25.2. The molecule has 0 atom stereocenters. The number of para-hydroxylation sites is 2. The molecule has 0 bridgehead atoms. The molecule has 0 aromatic heterocycles. The first-order valence-electron chi connectivity index (χ1n) is 10.4. The molecular weight excluding hydrogens is 501 g/mol. The summed E-state index contributed by atoms with van der Waals surface area (Å²) in [4.78, 5) is 28.2. The normalized spacial score (nSPS) is 14.0. The van der Waals surface area contributed by atoms with Crippen LogP contribution in [0.25, 0.3) is 0 Å². The number of nitrogens with zero attached hydrogens (tertiary/aromatic N) is 1. The minimum Gasteiger partial charge on any atom is -0.492 e. The van der Waals surface area contributed by atoms with E-state index in [1.165, 1.54) is 6.07 Å². The smallest absolute Gasteiger partial charge is 0.416 e. The van der Waals surface area contributed by atoms with E-state index in [0.29, 0.717) is 28.0 Å². The molecule has 10 heteroatoms. The maximum absolute atomic E-state index is 13.4. The molecule has 1 aliphatic heterocycles. The molecule has 0 unspecified atom stereocenters. The Hall–Kier alpha value is -3.43. The van der Waals surface area contributed by atoms with E-state index in [1.54, 1.807) is 55.5 Å². The molecule has 0 saturated carbocycles. The molecular formula is C25H18ClF3N2O3S. The lowest BCUT2D eigenvalue weighted by Crippen LogP contribution is -2.32. The van der Waals surface area contributed by atoms with Crippen molar-refractivity contribution in [3.05, 3.63) is 94.0 Å². The third-order valence-corrected chi connectivity index (χ3v) is 6.30. The maximum atomic E-state index is 13.4. The highest BCUT2D eigenvalue weighted by Gasteiger charge is 2.41. The molecule has 3 aromatic rings. The number of hydrogen-bond donors (Lipinski definition) is 1. The molecule has 180 valence electrons. The number of halogens is 4. The fourth-order valence-corrected chi connectivity index (χ4v) is 4.43. The summed E-state index contributed by atoms with van der Waals surface area (Å²) in [5.74, 6) is -1.07. The number of benzene rings is 3. The maximum Gasteiger partial charge on any atom is 0.416 e. The van der Waals surface area contributed by atoms with Crippen molar-refractivity contribution in [2.24, 2.45) is 0 Å². The van der Waals surface area contributed by atoms with Gasteiger partial charge in [0.25, 0.3) is 11.8 Å². The van der Waals surface area contributed by atoms with Crippen molar-refractivity contribution in [2.45, 2.75) is 18.0 Å². The number of nitrogens with one attached hydrogen (secondary N) is 1. The fourth-order valence-electron chi connectivity index (χ4n) is 3.38. The highest BCUT2D eigenvalue weighted by molar-refractivity contribution is 8.04. The Balaban J connectivity index is 1.77. The van der Waals surface area contributed by atoms with Crippen molar-refractivity contribution in [2.75, 3.05) is 16.8 Å². The number of thioether (sulfide) groups is 1. The van der Waals surface area contributed by atoms with Gasteiger partial charge in [-0.2, -0.15) is 13.2 Å². The van der Waals surface area contributed by atoms with Crippen LogP contribution in [-0.4, -0.2) is 18.4 Å². The van der Waals surface area contributed by atoms with Crippen molar-refractivity contribution in [3.63, 3.8) is 0 Å². The number of alkyl halides is 3. The monoisotopic (exact) mass is 518 g/mol. The van der Waals surface area contributed by atoms with E-state index in [2.05, 4.69) is 5.32 Å². The Morgan fingerprint density at radius 3 is 2.37 bits per heavy atom. The number of amides is 2. The molecule has 4 rings (SSSR count). The molecule has 0 radical (unpaired) electrons. The van der Waals surface area contributed by atoms with Gasteiger partial charge in [0.15, 0.2) is 0 Å². The van der Waals surface area contributed by atoms with Crippen LogP contribution < -0.4 is 15.0 Å². The number of carbonyl (C=O) groups is 2. The Bertz CT molecular complexity index is 1310. The lowest BCUT2D eigenvalue weighted by molar-refractivity contribution is -0.137. The first-order valence-corrected chi connectivity index (χ1v) is 11.6. The van der Waals surface area contributed by atoms with Crippen LogP contribution in [0.5, 0.6) is 5.75 Å². The van der Waals surface area contributed by atoms with Crippen LogP contribution in [0, 0.1) is 0 Å². The number of imide groups is 1. The summed E-state index contributed by atoms with van der Waals surface area (Å²) in [6, 6.07) is 17.6. The molecule has 1 N–H and O–H groups in total. The van der Waals surface area contributed by atoms with Crippen molar-refractivity contribution in [3.8, 4) is 5.75 Å². The van der Waals surface area contributed by atoms with Crippen molar-refractivity contribution in [1.29, 1.82) is 0 Å². The molecule has 0 spiro atoms. The van der Waals surface area contributed by atoms with Crippen molar-refractivity contribution in [1.82, 2.24) is 0 Å². The van der Waals surface area contributed by atoms with Crippen molar-refractivity contribution < 1.29 is 27.5 Å². The number of rotatable bonds is 7. The molecule has 0 fully saturated rings. The van der Waals surface area contributed by atoms with E-state index < -0.39 is 23.6 Å². The van der Waals surface area contributed by atoms with Gasteiger partial charge in [-0.15, -0.1) is 0 Å². The zero-order valence-electron chi connectivity index (χ0n) is 18.2. The van der Waals surface area contributed by atoms with Crippen LogP contribution in [0.2, 0.25) is 5.02 Å². The van der Waals surface area contributed by atoms with Gasteiger partial charge in [-0.05, 0) is 61.5 Å². The first-order chi connectivity index (χ1) is 16.7. The second-order valence-electron chi connectivity index (χ2n) is 7.31. The topological polar surface area (TPSA) is 58.6 Å². The Kier molecular flexibility index (Phi) is 7.09. The molecule has 5 nitrogen and oxygen atoms in total. The highest BCUT2D eigenvalue weighted by Crippen LogP contribution is 2.40. The largest absolute Gasteiger partial charge is 0.492 e. The van der Waals surface area contributed by atoms with Gasteiger partial charge >= 0.3 is 6.18 Å². The Labute approximate surface area is 208 Å². The molecule has 1 aliphatic rings. The van der Waals surface area contributed by atoms with Gasteiger partial charge in [0, 0.05) is 9.92 Å². The summed E-state index contributed by atoms with van der Waals surface area (Å²) < 4.78 is 45.5. The predicted octanol–water partition coefficient (Wildman–Crippen LogP) is 6.75. The van der Waals surface area contributed by atoms with Crippen LogP contribution >= 0.6 is 23.4 Å². The molecule has 0 saturated heterocycles. The van der Waals surface area contributed by atoms with Gasteiger partial charge in [-0.25, -0.2) is 4.90 Å². The molecule has 1 heterocycles. The van der Waals surface area contributed by atoms with E-state index in [9.17, 15) is 22.8 Å². The van der Waals surface area contributed by atoms with Crippen LogP contribution in [0.1, 0.15) is 12.5 Å². The molecule has 3 aromatic carbocycles. The first kappa shape index (κ1) is 24.7. The Morgan fingerprint density at radius 1 is 0.971 bits per heavy atom. The SMILES string of the molecule is CCOc1ccccc1NC1=C(Sc2ccc(Cl)cc2)C(=O)N(c2cccc(C(F)(F)F)c2)C1=O. The average molecular weight is 519 g/mol. The number of anilines is 2. The van der Waals surface area contributed by atoms with E-state index in [4.69, 9.17) is 16.3 Å². The minimum absolute atomic E-state index is 0.0287. The van der Waals surface area contributed by atoms with Gasteiger partial charge in [-0.1, -0.05) is 41.6 Å². The second kappa shape index (κ2) is 10.1. The number of carbonyl (C=O) groups excluding carboxylic acids is 2. The molecule has 0 aliphatic carbocycles. The summed E-state index contributed by atoms with van der Waals surface area (Å²) in [7, 11) is 0. The van der Waals surface area contributed by atoms with Crippen LogP contribution in [0.15, 0.2) is 88.3 Å².